The van der Waals surface area contributed by atoms with Crippen LogP contribution < -0.4 is 5.32 Å². The fraction of sp³-hybridized carbons (Fsp3) is 0.733. The second-order valence-electron chi connectivity index (χ2n) is 6.57. The molecule has 118 valence electrons. The Morgan fingerprint density at radius 2 is 2.38 bits per heavy atom. The number of imidazole rings is 1. The van der Waals surface area contributed by atoms with Crippen molar-refractivity contribution in [2.75, 3.05) is 13.2 Å². The van der Waals surface area contributed by atoms with Crippen molar-refractivity contribution in [3.63, 3.8) is 0 Å². The molecule has 6 heteroatoms. The van der Waals surface area contributed by atoms with Gasteiger partial charge in [0, 0.05) is 19.1 Å². The van der Waals surface area contributed by atoms with Crippen molar-refractivity contribution in [2.45, 2.75) is 52.3 Å². The average molecular weight is 295 g/mol. The molecular formula is C15H25N3O3. The molecule has 0 bridgehead atoms. The van der Waals surface area contributed by atoms with Crippen LogP contribution >= 0.6 is 0 Å². The summed E-state index contributed by atoms with van der Waals surface area (Å²) in [7, 11) is 0. The Morgan fingerprint density at radius 3 is 3.00 bits per heavy atom. The van der Waals surface area contributed by atoms with Crippen molar-refractivity contribution >= 4 is 6.09 Å². The topological polar surface area (TPSA) is 65.4 Å². The summed E-state index contributed by atoms with van der Waals surface area (Å²) in [6.45, 7) is 9.98. The highest BCUT2D eigenvalue weighted by molar-refractivity contribution is 5.68. The number of amides is 1. The molecule has 1 amide bonds. The summed E-state index contributed by atoms with van der Waals surface area (Å²) in [5.41, 5.74) is 0.485. The summed E-state index contributed by atoms with van der Waals surface area (Å²) < 4.78 is 12.8. The van der Waals surface area contributed by atoms with E-state index in [0.717, 1.165) is 31.9 Å². The maximum atomic E-state index is 11.8. The van der Waals surface area contributed by atoms with Crippen LogP contribution in [-0.2, 0) is 16.0 Å². The van der Waals surface area contributed by atoms with E-state index in [-0.39, 0.29) is 6.04 Å². The van der Waals surface area contributed by atoms with Gasteiger partial charge in [-0.3, -0.25) is 0 Å². The van der Waals surface area contributed by atoms with E-state index in [0.29, 0.717) is 5.92 Å². The second-order valence-corrected chi connectivity index (χ2v) is 6.57. The van der Waals surface area contributed by atoms with E-state index >= 15 is 0 Å². The zero-order valence-electron chi connectivity index (χ0n) is 13.3. The number of ether oxygens (including phenoxy) is 2. The van der Waals surface area contributed by atoms with Gasteiger partial charge in [0.25, 0.3) is 0 Å². The summed E-state index contributed by atoms with van der Waals surface area (Å²) in [6.07, 6.45) is 4.26. The standard InChI is InChI=1S/C15H25N3O3/c1-11(17-14(19)21-15(2,3)4)13-7-16-10-18(13)8-12-5-6-20-9-12/h7,10-12H,5-6,8-9H2,1-4H3,(H,17,19)/t11-,12?/m0/s1. The molecule has 1 fully saturated rings. The minimum Gasteiger partial charge on any atom is -0.444 e. The molecule has 1 unspecified atom stereocenters. The second kappa shape index (κ2) is 6.47. The molecule has 2 heterocycles. The number of alkyl carbamates (subject to hydrolysis) is 1. The fourth-order valence-corrected chi connectivity index (χ4v) is 2.41. The molecule has 1 N–H and O–H groups in total. The van der Waals surface area contributed by atoms with Crippen molar-refractivity contribution in [1.82, 2.24) is 14.9 Å². The van der Waals surface area contributed by atoms with Gasteiger partial charge in [-0.1, -0.05) is 0 Å². The Hall–Kier alpha value is -1.56. The zero-order chi connectivity index (χ0) is 15.5. The van der Waals surface area contributed by atoms with Gasteiger partial charge in [0.05, 0.1) is 30.9 Å². The molecule has 1 aromatic heterocycles. The maximum absolute atomic E-state index is 11.8. The molecule has 0 radical (unpaired) electrons. The Labute approximate surface area is 125 Å². The third kappa shape index (κ3) is 4.74. The Bertz CT molecular complexity index is 473. The number of nitrogens with one attached hydrogen (secondary N) is 1. The number of carbonyl (C=O) groups is 1. The average Bonchev–Trinajstić information content (AvgIpc) is 2.97. The van der Waals surface area contributed by atoms with Crippen molar-refractivity contribution < 1.29 is 14.3 Å². The first-order valence-corrected chi connectivity index (χ1v) is 7.42. The Kier molecular flexibility index (Phi) is 4.88. The highest BCUT2D eigenvalue weighted by atomic mass is 16.6. The lowest BCUT2D eigenvalue weighted by atomic mass is 10.1. The molecule has 0 spiro atoms. The van der Waals surface area contributed by atoms with E-state index in [1.807, 2.05) is 27.7 Å². The van der Waals surface area contributed by atoms with Gasteiger partial charge in [-0.05, 0) is 34.1 Å². The molecule has 0 aromatic carbocycles. The first kappa shape index (κ1) is 15.8. The zero-order valence-corrected chi connectivity index (χ0v) is 13.3. The molecule has 1 aromatic rings. The van der Waals surface area contributed by atoms with Gasteiger partial charge in [-0.25, -0.2) is 9.78 Å². The van der Waals surface area contributed by atoms with Crippen LogP contribution in [-0.4, -0.2) is 34.5 Å². The predicted octanol–water partition coefficient (Wildman–Crippen LogP) is 2.51. The normalized spacial score (nSPS) is 20.3. The lowest BCUT2D eigenvalue weighted by Crippen LogP contribution is -2.34. The molecule has 2 rings (SSSR count). The van der Waals surface area contributed by atoms with E-state index in [9.17, 15) is 4.79 Å². The number of aromatic nitrogens is 2. The summed E-state index contributed by atoms with van der Waals surface area (Å²) in [4.78, 5) is 16.0. The van der Waals surface area contributed by atoms with Crippen LogP contribution in [0.15, 0.2) is 12.5 Å². The third-order valence-corrected chi connectivity index (χ3v) is 3.40. The highest BCUT2D eigenvalue weighted by Gasteiger charge is 2.22. The van der Waals surface area contributed by atoms with Crippen LogP contribution in [0.2, 0.25) is 0 Å². The van der Waals surface area contributed by atoms with Crippen LogP contribution in [0.25, 0.3) is 0 Å². The largest absolute Gasteiger partial charge is 0.444 e. The van der Waals surface area contributed by atoms with Crippen LogP contribution in [0.3, 0.4) is 0 Å². The van der Waals surface area contributed by atoms with E-state index in [2.05, 4.69) is 14.9 Å². The summed E-state index contributed by atoms with van der Waals surface area (Å²) in [5, 5.41) is 2.85. The fourth-order valence-electron chi connectivity index (χ4n) is 2.41. The first-order chi connectivity index (χ1) is 9.85. The lowest BCUT2D eigenvalue weighted by molar-refractivity contribution is 0.0506. The molecule has 2 atom stereocenters. The van der Waals surface area contributed by atoms with Crippen LogP contribution in [0, 0.1) is 5.92 Å². The minimum atomic E-state index is -0.495. The van der Waals surface area contributed by atoms with Gasteiger partial charge >= 0.3 is 6.09 Å². The van der Waals surface area contributed by atoms with Crippen LogP contribution in [0.4, 0.5) is 4.79 Å². The smallest absolute Gasteiger partial charge is 0.408 e. The van der Waals surface area contributed by atoms with Gasteiger partial charge < -0.3 is 19.4 Å². The van der Waals surface area contributed by atoms with E-state index < -0.39 is 11.7 Å². The van der Waals surface area contributed by atoms with Crippen molar-refractivity contribution in [1.29, 1.82) is 0 Å². The molecule has 21 heavy (non-hydrogen) atoms. The highest BCUT2D eigenvalue weighted by Crippen LogP contribution is 2.19. The SMILES string of the molecule is C[C@H](NC(=O)OC(C)(C)C)c1cncn1CC1CCOC1. The molecular weight excluding hydrogens is 270 g/mol. The van der Waals surface area contributed by atoms with Gasteiger partial charge in [-0.15, -0.1) is 0 Å². The van der Waals surface area contributed by atoms with Crippen LogP contribution in [0.1, 0.15) is 45.9 Å². The lowest BCUT2D eigenvalue weighted by Gasteiger charge is -2.22. The minimum absolute atomic E-state index is 0.148. The predicted molar refractivity (Wildman–Crippen MR) is 78.9 cm³/mol. The summed E-state index contributed by atoms with van der Waals surface area (Å²) in [5.74, 6) is 0.520. The molecule has 0 aliphatic carbocycles. The first-order valence-electron chi connectivity index (χ1n) is 7.42. The number of carbonyl (C=O) groups excluding carboxylic acids is 1. The van der Waals surface area contributed by atoms with Crippen LogP contribution in [0.5, 0.6) is 0 Å². The van der Waals surface area contributed by atoms with Crippen molar-refractivity contribution in [2.24, 2.45) is 5.92 Å². The molecule has 6 nitrogen and oxygen atoms in total. The number of hydrogen-bond acceptors (Lipinski definition) is 4. The van der Waals surface area contributed by atoms with Gasteiger partial charge in [0.1, 0.15) is 5.60 Å². The molecule has 1 aliphatic rings. The monoisotopic (exact) mass is 295 g/mol. The van der Waals surface area contributed by atoms with Crippen molar-refractivity contribution in [3.8, 4) is 0 Å². The summed E-state index contributed by atoms with van der Waals surface area (Å²) in [6, 6.07) is -0.148. The summed E-state index contributed by atoms with van der Waals surface area (Å²) >= 11 is 0. The molecule has 1 saturated heterocycles. The maximum Gasteiger partial charge on any atom is 0.408 e. The van der Waals surface area contributed by atoms with E-state index in [1.165, 1.54) is 0 Å². The number of nitrogens with zero attached hydrogens (tertiary/aromatic N) is 2. The molecule has 1 aliphatic heterocycles. The van der Waals surface area contributed by atoms with Crippen molar-refractivity contribution in [3.05, 3.63) is 18.2 Å². The van der Waals surface area contributed by atoms with Gasteiger partial charge in [0.2, 0.25) is 0 Å². The number of hydrogen-bond donors (Lipinski definition) is 1. The molecule has 0 saturated carbocycles. The van der Waals surface area contributed by atoms with Gasteiger partial charge in [0.15, 0.2) is 0 Å². The van der Waals surface area contributed by atoms with E-state index in [4.69, 9.17) is 9.47 Å². The van der Waals surface area contributed by atoms with Gasteiger partial charge in [-0.2, -0.15) is 0 Å². The van der Waals surface area contributed by atoms with E-state index in [1.54, 1.807) is 12.5 Å². The number of rotatable bonds is 4. The quantitative estimate of drug-likeness (QED) is 0.927. The Balaban J connectivity index is 1.94. The third-order valence-electron chi connectivity index (χ3n) is 3.40. The Morgan fingerprint density at radius 1 is 1.62 bits per heavy atom.